The molecule has 0 saturated heterocycles. The van der Waals surface area contributed by atoms with Crippen molar-refractivity contribution in [3.05, 3.63) is 0 Å². The minimum absolute atomic E-state index is 0.205. The summed E-state index contributed by atoms with van der Waals surface area (Å²) in [4.78, 5) is 4.34. The predicted molar refractivity (Wildman–Crippen MR) is 52.3 cm³/mol. The molecule has 1 heterocycles. The zero-order valence-electron chi connectivity index (χ0n) is 7.48. The van der Waals surface area contributed by atoms with E-state index < -0.39 is 0 Å². The van der Waals surface area contributed by atoms with Gasteiger partial charge in [-0.1, -0.05) is 18.7 Å². The Morgan fingerprint density at radius 3 is 2.82 bits per heavy atom. The van der Waals surface area contributed by atoms with E-state index in [0.717, 1.165) is 23.9 Å². The first kappa shape index (κ1) is 8.91. The van der Waals surface area contributed by atoms with Crippen LogP contribution in [0.25, 0.3) is 0 Å². The monoisotopic (exact) mass is 172 g/mol. The van der Waals surface area contributed by atoms with Crippen LogP contribution < -0.4 is 5.32 Å². The van der Waals surface area contributed by atoms with Crippen LogP contribution in [0.4, 0.5) is 0 Å². The Kier molecular flexibility index (Phi) is 2.82. The van der Waals surface area contributed by atoms with Gasteiger partial charge < -0.3 is 5.32 Å². The number of amidine groups is 1. The van der Waals surface area contributed by atoms with Crippen molar-refractivity contribution in [1.82, 2.24) is 5.32 Å². The number of rotatable bonds is 2. The molecule has 64 valence electrons. The highest BCUT2D eigenvalue weighted by atomic mass is 32.2. The van der Waals surface area contributed by atoms with Gasteiger partial charge in [-0.2, -0.15) is 0 Å². The number of nitrogens with zero attached hydrogens (tertiary/aromatic N) is 1. The molecule has 0 unspecified atom stereocenters. The minimum Gasteiger partial charge on any atom is -0.360 e. The number of nitrogens with one attached hydrogen (secondary N) is 1. The number of thioether (sulfide) groups is 1. The SMILES string of the molecule is CCC(C)(C)NC1=NCCS1. The normalized spacial score (nSPS) is 18.3. The van der Waals surface area contributed by atoms with Gasteiger partial charge in [0.1, 0.15) is 0 Å². The van der Waals surface area contributed by atoms with Crippen LogP contribution in [-0.2, 0) is 0 Å². The van der Waals surface area contributed by atoms with Gasteiger partial charge in [0, 0.05) is 11.3 Å². The van der Waals surface area contributed by atoms with Crippen LogP contribution in [-0.4, -0.2) is 23.0 Å². The first-order chi connectivity index (χ1) is 5.14. The fourth-order valence-corrected chi connectivity index (χ4v) is 1.70. The summed E-state index contributed by atoms with van der Waals surface area (Å²) in [7, 11) is 0. The molecule has 1 rings (SSSR count). The van der Waals surface area contributed by atoms with E-state index in [-0.39, 0.29) is 5.54 Å². The van der Waals surface area contributed by atoms with E-state index in [1.54, 1.807) is 0 Å². The Morgan fingerprint density at radius 1 is 1.64 bits per heavy atom. The average Bonchev–Trinajstić information content (AvgIpc) is 2.39. The minimum atomic E-state index is 0.205. The van der Waals surface area contributed by atoms with Crippen molar-refractivity contribution in [3.63, 3.8) is 0 Å². The second kappa shape index (κ2) is 3.48. The third-order valence-corrected chi connectivity index (χ3v) is 2.81. The third-order valence-electron chi connectivity index (χ3n) is 1.91. The molecular formula is C8H16N2S. The Balaban J connectivity index is 2.40. The standard InChI is InChI=1S/C8H16N2S/c1-4-8(2,3)10-7-9-5-6-11-7/h4-6H2,1-3H3,(H,9,10). The summed E-state index contributed by atoms with van der Waals surface area (Å²) in [6, 6.07) is 0. The number of hydrogen-bond acceptors (Lipinski definition) is 3. The molecule has 1 N–H and O–H groups in total. The van der Waals surface area contributed by atoms with Crippen molar-refractivity contribution in [2.45, 2.75) is 32.7 Å². The molecular weight excluding hydrogens is 156 g/mol. The Morgan fingerprint density at radius 2 is 2.36 bits per heavy atom. The molecule has 0 radical (unpaired) electrons. The van der Waals surface area contributed by atoms with E-state index in [4.69, 9.17) is 0 Å². The van der Waals surface area contributed by atoms with Crippen LogP contribution >= 0.6 is 11.8 Å². The number of hydrogen-bond donors (Lipinski definition) is 1. The number of aliphatic imine (C=N–C) groups is 1. The van der Waals surface area contributed by atoms with Crippen LogP contribution in [0.3, 0.4) is 0 Å². The quantitative estimate of drug-likeness (QED) is 0.687. The van der Waals surface area contributed by atoms with E-state index in [0.29, 0.717) is 0 Å². The van der Waals surface area contributed by atoms with Gasteiger partial charge in [-0.25, -0.2) is 0 Å². The molecule has 2 nitrogen and oxygen atoms in total. The second-order valence-corrected chi connectivity index (χ2v) is 4.48. The maximum absolute atomic E-state index is 4.34. The zero-order chi connectivity index (χ0) is 8.32. The summed E-state index contributed by atoms with van der Waals surface area (Å²) in [5, 5.41) is 4.54. The van der Waals surface area contributed by atoms with Crippen molar-refractivity contribution in [2.24, 2.45) is 4.99 Å². The van der Waals surface area contributed by atoms with E-state index in [1.807, 2.05) is 11.8 Å². The van der Waals surface area contributed by atoms with Crippen LogP contribution in [0.1, 0.15) is 27.2 Å². The predicted octanol–water partition coefficient (Wildman–Crippen LogP) is 1.87. The van der Waals surface area contributed by atoms with E-state index >= 15 is 0 Å². The van der Waals surface area contributed by atoms with Gasteiger partial charge in [-0.15, -0.1) is 0 Å². The topological polar surface area (TPSA) is 24.4 Å². The maximum Gasteiger partial charge on any atom is 0.157 e. The Labute approximate surface area is 72.9 Å². The highest BCUT2D eigenvalue weighted by Crippen LogP contribution is 2.14. The second-order valence-electron chi connectivity index (χ2n) is 3.40. The average molecular weight is 172 g/mol. The van der Waals surface area contributed by atoms with Gasteiger partial charge in [-0.05, 0) is 20.3 Å². The summed E-state index contributed by atoms with van der Waals surface area (Å²) in [5.41, 5.74) is 0.205. The molecule has 0 amide bonds. The summed E-state index contributed by atoms with van der Waals surface area (Å²) in [5.74, 6) is 1.14. The first-order valence-corrected chi connectivity index (χ1v) is 5.08. The van der Waals surface area contributed by atoms with Crippen molar-refractivity contribution < 1.29 is 0 Å². The van der Waals surface area contributed by atoms with Crippen molar-refractivity contribution in [1.29, 1.82) is 0 Å². The molecule has 3 heteroatoms. The molecule has 0 atom stereocenters. The van der Waals surface area contributed by atoms with Crippen LogP contribution in [0.15, 0.2) is 4.99 Å². The van der Waals surface area contributed by atoms with Gasteiger partial charge >= 0.3 is 0 Å². The molecule has 1 aliphatic heterocycles. The lowest BCUT2D eigenvalue weighted by atomic mass is 10.0. The first-order valence-electron chi connectivity index (χ1n) is 4.09. The zero-order valence-corrected chi connectivity index (χ0v) is 8.29. The van der Waals surface area contributed by atoms with Crippen molar-refractivity contribution in [3.8, 4) is 0 Å². The van der Waals surface area contributed by atoms with Crippen molar-refractivity contribution >= 4 is 16.9 Å². The Bertz CT molecular complexity index is 163. The smallest absolute Gasteiger partial charge is 0.157 e. The molecule has 1 aliphatic rings. The molecule has 0 saturated carbocycles. The lowest BCUT2D eigenvalue weighted by Crippen LogP contribution is -2.41. The van der Waals surface area contributed by atoms with E-state index in [9.17, 15) is 0 Å². The lowest BCUT2D eigenvalue weighted by molar-refractivity contribution is 0.448. The molecule has 0 aliphatic carbocycles. The van der Waals surface area contributed by atoms with Crippen LogP contribution in [0.2, 0.25) is 0 Å². The van der Waals surface area contributed by atoms with Gasteiger partial charge in [-0.3, -0.25) is 4.99 Å². The van der Waals surface area contributed by atoms with Crippen LogP contribution in [0.5, 0.6) is 0 Å². The largest absolute Gasteiger partial charge is 0.360 e. The summed E-state index contributed by atoms with van der Waals surface area (Å²) in [6.07, 6.45) is 1.13. The molecule has 0 aromatic heterocycles. The molecule has 0 aromatic rings. The summed E-state index contributed by atoms with van der Waals surface area (Å²) in [6.45, 7) is 7.57. The fourth-order valence-electron chi connectivity index (χ4n) is 0.789. The van der Waals surface area contributed by atoms with Gasteiger partial charge in [0.2, 0.25) is 0 Å². The van der Waals surface area contributed by atoms with Gasteiger partial charge in [0.15, 0.2) is 5.17 Å². The summed E-state index contributed by atoms with van der Waals surface area (Å²) >= 11 is 1.82. The van der Waals surface area contributed by atoms with Gasteiger partial charge in [0.25, 0.3) is 0 Å². The molecule has 0 aromatic carbocycles. The highest BCUT2D eigenvalue weighted by Gasteiger charge is 2.18. The maximum atomic E-state index is 4.34. The van der Waals surface area contributed by atoms with E-state index in [2.05, 4.69) is 31.1 Å². The Hall–Kier alpha value is -0.180. The highest BCUT2D eigenvalue weighted by molar-refractivity contribution is 8.14. The third kappa shape index (κ3) is 2.73. The molecule has 0 bridgehead atoms. The van der Waals surface area contributed by atoms with E-state index in [1.165, 1.54) is 0 Å². The van der Waals surface area contributed by atoms with Crippen LogP contribution in [0, 0.1) is 0 Å². The summed E-state index contributed by atoms with van der Waals surface area (Å²) < 4.78 is 0. The lowest BCUT2D eigenvalue weighted by Gasteiger charge is -2.24. The fraction of sp³-hybridized carbons (Fsp3) is 0.875. The molecule has 0 fully saturated rings. The van der Waals surface area contributed by atoms with Gasteiger partial charge in [0.05, 0.1) is 6.54 Å². The van der Waals surface area contributed by atoms with Crippen molar-refractivity contribution in [2.75, 3.05) is 12.3 Å². The molecule has 0 spiro atoms. The molecule has 11 heavy (non-hydrogen) atoms.